The molecule has 0 saturated carbocycles. The molecule has 0 aliphatic rings. The molecule has 3 aromatic rings. The zero-order chi connectivity index (χ0) is 22.8. The van der Waals surface area contributed by atoms with Crippen LogP contribution in [0, 0.1) is 5.82 Å². The highest BCUT2D eigenvalue weighted by Crippen LogP contribution is 2.38. The van der Waals surface area contributed by atoms with Crippen molar-refractivity contribution in [3.05, 3.63) is 65.6 Å². The number of hydrogen-bond donors (Lipinski definition) is 0. The number of alkyl halides is 3. The monoisotopic (exact) mass is 438 g/mol. The summed E-state index contributed by atoms with van der Waals surface area (Å²) in [5, 5.41) is 4.07. The lowest BCUT2D eigenvalue weighted by atomic mass is 10.0. The summed E-state index contributed by atoms with van der Waals surface area (Å²) >= 11 is 0. The fourth-order valence-electron chi connectivity index (χ4n) is 2.87. The third-order valence-electron chi connectivity index (χ3n) is 4.09. The van der Waals surface area contributed by atoms with Gasteiger partial charge in [-0.25, -0.2) is 18.7 Å². The summed E-state index contributed by atoms with van der Waals surface area (Å²) in [7, 11) is 2.02. The number of methoxy groups -OCH3 is 2. The van der Waals surface area contributed by atoms with Gasteiger partial charge in [0.1, 0.15) is 22.8 Å². The molecule has 0 atom stereocenters. The van der Waals surface area contributed by atoms with Crippen LogP contribution >= 0.6 is 0 Å². The van der Waals surface area contributed by atoms with Gasteiger partial charge in [-0.15, -0.1) is 13.2 Å². The molecule has 2 aromatic carbocycles. The zero-order valence-corrected chi connectivity index (χ0v) is 16.1. The highest BCUT2D eigenvalue weighted by atomic mass is 19.4. The van der Waals surface area contributed by atoms with Gasteiger partial charge in [-0.1, -0.05) is 24.3 Å². The number of para-hydroxylation sites is 1. The van der Waals surface area contributed by atoms with E-state index in [2.05, 4.69) is 14.6 Å². The number of aromatic nitrogens is 2. The smallest absolute Gasteiger partial charge is 0.465 e. The van der Waals surface area contributed by atoms with Crippen molar-refractivity contribution in [2.45, 2.75) is 6.36 Å². The van der Waals surface area contributed by atoms with Crippen LogP contribution in [-0.2, 0) is 9.47 Å². The molecule has 0 fully saturated rings. The predicted octanol–water partition coefficient (Wildman–Crippen LogP) is 4.15. The van der Waals surface area contributed by atoms with E-state index < -0.39 is 52.4 Å². The quantitative estimate of drug-likeness (QED) is 0.440. The molecule has 0 aliphatic heterocycles. The summed E-state index contributed by atoms with van der Waals surface area (Å²) in [6, 6.07) is 10.6. The Morgan fingerprint density at radius 3 is 2.16 bits per heavy atom. The molecule has 0 N–H and O–H groups in total. The Bertz CT molecular complexity index is 1130. The summed E-state index contributed by atoms with van der Waals surface area (Å²) in [6.45, 7) is 0. The van der Waals surface area contributed by atoms with Crippen LogP contribution in [0.25, 0.3) is 16.9 Å². The number of rotatable bonds is 5. The first-order valence-electron chi connectivity index (χ1n) is 8.57. The lowest BCUT2D eigenvalue weighted by molar-refractivity contribution is -0.274. The Balaban J connectivity index is 2.41. The van der Waals surface area contributed by atoms with E-state index in [1.54, 1.807) is 18.2 Å². The molecule has 11 heteroatoms. The van der Waals surface area contributed by atoms with Gasteiger partial charge in [-0.2, -0.15) is 5.10 Å². The maximum Gasteiger partial charge on any atom is 0.573 e. The van der Waals surface area contributed by atoms with Gasteiger partial charge in [0, 0.05) is 0 Å². The van der Waals surface area contributed by atoms with Crippen LogP contribution in [0.15, 0.2) is 48.5 Å². The summed E-state index contributed by atoms with van der Waals surface area (Å²) in [5.74, 6) is -4.30. The predicted molar refractivity (Wildman–Crippen MR) is 98.3 cm³/mol. The topological polar surface area (TPSA) is 79.7 Å². The number of nitrogens with zero attached hydrogens (tertiary/aromatic N) is 2. The van der Waals surface area contributed by atoms with Crippen molar-refractivity contribution in [2.24, 2.45) is 0 Å². The van der Waals surface area contributed by atoms with Crippen LogP contribution in [0.5, 0.6) is 5.75 Å². The van der Waals surface area contributed by atoms with Crippen LogP contribution in [0.3, 0.4) is 0 Å². The minimum absolute atomic E-state index is 0.258. The van der Waals surface area contributed by atoms with Crippen LogP contribution in [0.2, 0.25) is 0 Å². The number of carbonyl (C=O) groups excluding carboxylic acids is 2. The van der Waals surface area contributed by atoms with Gasteiger partial charge < -0.3 is 14.2 Å². The van der Waals surface area contributed by atoms with E-state index >= 15 is 0 Å². The van der Waals surface area contributed by atoms with Crippen molar-refractivity contribution in [3.8, 4) is 22.7 Å². The fraction of sp³-hybridized carbons (Fsp3) is 0.150. The van der Waals surface area contributed by atoms with Crippen molar-refractivity contribution in [3.63, 3.8) is 0 Å². The first-order valence-corrected chi connectivity index (χ1v) is 8.57. The summed E-state index contributed by atoms with van der Waals surface area (Å²) < 4.78 is 67.7. The molecule has 3 rings (SSSR count). The molecule has 0 radical (unpaired) electrons. The second-order valence-electron chi connectivity index (χ2n) is 5.96. The second-order valence-corrected chi connectivity index (χ2v) is 5.96. The van der Waals surface area contributed by atoms with E-state index in [0.29, 0.717) is 0 Å². The largest absolute Gasteiger partial charge is 0.573 e. The fourth-order valence-corrected chi connectivity index (χ4v) is 2.87. The number of esters is 2. The Morgan fingerprint density at radius 1 is 0.935 bits per heavy atom. The molecule has 1 heterocycles. The highest BCUT2D eigenvalue weighted by molar-refractivity contribution is 6.07. The van der Waals surface area contributed by atoms with Gasteiger partial charge in [0.25, 0.3) is 0 Å². The third kappa shape index (κ3) is 4.34. The third-order valence-corrected chi connectivity index (χ3v) is 4.09. The molecule has 1 aromatic heterocycles. The lowest BCUT2D eigenvalue weighted by Gasteiger charge is -2.13. The Morgan fingerprint density at radius 2 is 1.58 bits per heavy atom. The Labute approximate surface area is 172 Å². The van der Waals surface area contributed by atoms with Gasteiger partial charge in [-0.3, -0.25) is 0 Å². The van der Waals surface area contributed by atoms with E-state index in [0.717, 1.165) is 37.1 Å². The van der Waals surface area contributed by atoms with Gasteiger partial charge in [0.2, 0.25) is 0 Å². The summed E-state index contributed by atoms with van der Waals surface area (Å²) in [6.07, 6.45) is -5.15. The van der Waals surface area contributed by atoms with E-state index in [1.165, 1.54) is 12.1 Å². The number of hydrogen-bond acceptors (Lipinski definition) is 6. The van der Waals surface area contributed by atoms with Crippen LogP contribution in [-0.4, -0.2) is 42.3 Å². The van der Waals surface area contributed by atoms with E-state index in [-0.39, 0.29) is 5.69 Å². The van der Waals surface area contributed by atoms with E-state index in [1.807, 2.05) is 0 Å². The number of carbonyl (C=O) groups is 2. The SMILES string of the molecule is COC(=O)c1c(-c2c(F)cccc2OC(F)(F)F)nn(-c2ccccc2)c1C(=O)OC. The molecule has 0 aliphatic carbocycles. The molecule has 0 amide bonds. The van der Waals surface area contributed by atoms with Crippen LogP contribution < -0.4 is 4.74 Å². The van der Waals surface area contributed by atoms with E-state index in [9.17, 15) is 27.2 Å². The van der Waals surface area contributed by atoms with Crippen molar-refractivity contribution in [2.75, 3.05) is 14.2 Å². The van der Waals surface area contributed by atoms with Gasteiger partial charge in [0.05, 0.1) is 25.5 Å². The molecule has 7 nitrogen and oxygen atoms in total. The molecule has 31 heavy (non-hydrogen) atoms. The number of halogens is 4. The summed E-state index contributed by atoms with van der Waals surface area (Å²) in [5.41, 5.74) is -2.16. The first kappa shape index (κ1) is 21.8. The maximum absolute atomic E-state index is 14.7. The van der Waals surface area contributed by atoms with Crippen molar-refractivity contribution in [1.82, 2.24) is 9.78 Å². The average Bonchev–Trinajstić information content (AvgIpc) is 3.12. The molecular formula is C20H14F4N2O5. The standard InChI is InChI=1S/C20H14F4N2O5/c1-29-18(27)15-16(14-12(21)9-6-10-13(14)31-20(22,23)24)25-26(17(15)19(28)30-2)11-7-4-3-5-8-11/h3-10H,1-2H3. The lowest BCUT2D eigenvalue weighted by Crippen LogP contribution is -2.18. The molecule has 0 saturated heterocycles. The van der Waals surface area contributed by atoms with E-state index in [4.69, 9.17) is 4.74 Å². The molecule has 0 spiro atoms. The molecule has 0 unspecified atom stereocenters. The molecule has 162 valence electrons. The minimum atomic E-state index is -5.15. The average molecular weight is 438 g/mol. The minimum Gasteiger partial charge on any atom is -0.465 e. The Hall–Kier alpha value is -3.89. The van der Waals surface area contributed by atoms with Crippen molar-refractivity contribution >= 4 is 11.9 Å². The zero-order valence-electron chi connectivity index (χ0n) is 16.1. The summed E-state index contributed by atoms with van der Waals surface area (Å²) in [4.78, 5) is 25.0. The highest BCUT2D eigenvalue weighted by Gasteiger charge is 2.37. The van der Waals surface area contributed by atoms with Gasteiger partial charge in [0.15, 0.2) is 5.69 Å². The van der Waals surface area contributed by atoms with Crippen LogP contribution in [0.4, 0.5) is 17.6 Å². The van der Waals surface area contributed by atoms with Crippen molar-refractivity contribution < 1.29 is 41.4 Å². The van der Waals surface area contributed by atoms with Crippen molar-refractivity contribution in [1.29, 1.82) is 0 Å². The van der Waals surface area contributed by atoms with Gasteiger partial charge >= 0.3 is 18.3 Å². The number of benzene rings is 2. The van der Waals surface area contributed by atoms with Gasteiger partial charge in [-0.05, 0) is 24.3 Å². The second kappa shape index (κ2) is 8.46. The number of ether oxygens (including phenoxy) is 3. The first-order chi connectivity index (χ1) is 14.7. The molecule has 0 bridgehead atoms. The normalized spacial score (nSPS) is 11.2. The Kier molecular flexibility index (Phi) is 5.95. The van der Waals surface area contributed by atoms with Crippen LogP contribution in [0.1, 0.15) is 20.8 Å². The maximum atomic E-state index is 14.7. The molecular weight excluding hydrogens is 424 g/mol.